The second-order valence-electron chi connectivity index (χ2n) is 5.71. The van der Waals surface area contributed by atoms with Crippen molar-refractivity contribution < 1.29 is 4.79 Å². The second kappa shape index (κ2) is 6.09. The molecule has 1 aliphatic rings. The Bertz CT molecular complexity index is 450. The maximum atomic E-state index is 11.5. The van der Waals surface area contributed by atoms with Crippen LogP contribution in [-0.4, -0.2) is 19.4 Å². The van der Waals surface area contributed by atoms with Gasteiger partial charge in [-0.05, 0) is 43.9 Å². The molecular weight excluding hydrogens is 236 g/mol. The van der Waals surface area contributed by atoms with Crippen molar-refractivity contribution in [2.45, 2.75) is 39.0 Å². The number of hydrogen-bond acceptors (Lipinski definition) is 3. The molecule has 0 atom stereocenters. The summed E-state index contributed by atoms with van der Waals surface area (Å²) in [6, 6.07) is 5.76. The van der Waals surface area contributed by atoms with Gasteiger partial charge in [-0.1, -0.05) is 19.3 Å². The lowest BCUT2D eigenvalue weighted by Gasteiger charge is -2.28. The Hall–Kier alpha value is -1.51. The van der Waals surface area contributed by atoms with Gasteiger partial charge in [0.05, 0.1) is 0 Å². The number of nitrogens with two attached hydrogens (primary N) is 1. The molecule has 0 heterocycles. The summed E-state index contributed by atoms with van der Waals surface area (Å²) in [6.45, 7) is 2.64. The van der Waals surface area contributed by atoms with Gasteiger partial charge in [0.1, 0.15) is 0 Å². The van der Waals surface area contributed by atoms with Crippen LogP contribution in [0.15, 0.2) is 18.2 Å². The molecule has 3 nitrogen and oxygen atoms in total. The van der Waals surface area contributed by atoms with Crippen LogP contribution in [0.2, 0.25) is 0 Å². The minimum atomic E-state index is 0.0328. The van der Waals surface area contributed by atoms with Crippen LogP contribution in [0.5, 0.6) is 0 Å². The average molecular weight is 260 g/mol. The molecule has 0 saturated heterocycles. The van der Waals surface area contributed by atoms with Gasteiger partial charge in [0.15, 0.2) is 5.78 Å². The molecule has 2 rings (SSSR count). The van der Waals surface area contributed by atoms with Gasteiger partial charge in [0, 0.05) is 30.5 Å². The van der Waals surface area contributed by atoms with Crippen molar-refractivity contribution in [2.24, 2.45) is 5.92 Å². The van der Waals surface area contributed by atoms with E-state index < -0.39 is 0 Å². The molecule has 19 heavy (non-hydrogen) atoms. The van der Waals surface area contributed by atoms with Crippen LogP contribution in [0.4, 0.5) is 11.4 Å². The van der Waals surface area contributed by atoms with Gasteiger partial charge in [0.2, 0.25) is 0 Å². The molecule has 0 radical (unpaired) electrons. The van der Waals surface area contributed by atoms with E-state index in [9.17, 15) is 4.79 Å². The van der Waals surface area contributed by atoms with Gasteiger partial charge >= 0.3 is 0 Å². The highest BCUT2D eigenvalue weighted by molar-refractivity contribution is 6.00. The van der Waals surface area contributed by atoms with Crippen molar-refractivity contribution in [2.75, 3.05) is 24.2 Å². The van der Waals surface area contributed by atoms with E-state index in [1.54, 1.807) is 6.92 Å². The third-order valence-corrected chi connectivity index (χ3v) is 4.11. The maximum absolute atomic E-state index is 11.5. The van der Waals surface area contributed by atoms with Crippen LogP contribution in [0, 0.1) is 5.92 Å². The van der Waals surface area contributed by atoms with Crippen molar-refractivity contribution >= 4 is 17.2 Å². The van der Waals surface area contributed by atoms with Gasteiger partial charge in [-0.3, -0.25) is 4.79 Å². The minimum Gasteiger partial charge on any atom is -0.398 e. The fourth-order valence-corrected chi connectivity index (χ4v) is 2.95. The predicted octanol–water partition coefficient (Wildman–Crippen LogP) is 3.49. The van der Waals surface area contributed by atoms with Crippen molar-refractivity contribution in [3.63, 3.8) is 0 Å². The number of benzene rings is 1. The predicted molar refractivity (Wildman–Crippen MR) is 80.7 cm³/mol. The SMILES string of the molecule is CC(=O)c1cc(N(C)CC2CCCCC2)ccc1N. The Morgan fingerprint density at radius 1 is 1.32 bits per heavy atom. The molecule has 1 fully saturated rings. The Morgan fingerprint density at radius 2 is 2.00 bits per heavy atom. The molecule has 0 aliphatic heterocycles. The Balaban J connectivity index is 2.07. The Kier molecular flexibility index (Phi) is 4.46. The van der Waals surface area contributed by atoms with Crippen LogP contribution in [-0.2, 0) is 0 Å². The summed E-state index contributed by atoms with van der Waals surface area (Å²) in [7, 11) is 2.10. The molecule has 0 aromatic heterocycles. The van der Waals surface area contributed by atoms with E-state index in [1.165, 1.54) is 32.1 Å². The maximum Gasteiger partial charge on any atom is 0.161 e. The number of carbonyl (C=O) groups excluding carboxylic acids is 1. The lowest BCUT2D eigenvalue weighted by molar-refractivity contribution is 0.101. The van der Waals surface area contributed by atoms with E-state index >= 15 is 0 Å². The number of anilines is 2. The fraction of sp³-hybridized carbons (Fsp3) is 0.562. The Labute approximate surface area is 115 Å². The van der Waals surface area contributed by atoms with Gasteiger partial charge in [0.25, 0.3) is 0 Å². The largest absolute Gasteiger partial charge is 0.398 e. The van der Waals surface area contributed by atoms with Gasteiger partial charge in [-0.15, -0.1) is 0 Å². The summed E-state index contributed by atoms with van der Waals surface area (Å²) < 4.78 is 0. The van der Waals surface area contributed by atoms with E-state index in [4.69, 9.17) is 5.73 Å². The van der Waals surface area contributed by atoms with E-state index in [0.717, 1.165) is 18.2 Å². The lowest BCUT2D eigenvalue weighted by atomic mass is 9.89. The number of rotatable bonds is 4. The van der Waals surface area contributed by atoms with Crippen molar-refractivity contribution in [3.8, 4) is 0 Å². The zero-order chi connectivity index (χ0) is 13.8. The van der Waals surface area contributed by atoms with Crippen molar-refractivity contribution in [3.05, 3.63) is 23.8 Å². The molecule has 3 heteroatoms. The molecule has 1 saturated carbocycles. The number of ketones is 1. The minimum absolute atomic E-state index is 0.0328. The third-order valence-electron chi connectivity index (χ3n) is 4.11. The summed E-state index contributed by atoms with van der Waals surface area (Å²) in [6.07, 6.45) is 6.77. The number of nitrogens with zero attached hydrogens (tertiary/aromatic N) is 1. The molecule has 1 aromatic rings. The zero-order valence-electron chi connectivity index (χ0n) is 12.0. The summed E-state index contributed by atoms with van der Waals surface area (Å²) in [5.41, 5.74) is 8.13. The summed E-state index contributed by atoms with van der Waals surface area (Å²) >= 11 is 0. The first-order valence-corrected chi connectivity index (χ1v) is 7.19. The molecule has 0 unspecified atom stereocenters. The molecule has 2 N–H and O–H groups in total. The van der Waals surface area contributed by atoms with Crippen LogP contribution in [0.3, 0.4) is 0 Å². The zero-order valence-corrected chi connectivity index (χ0v) is 12.0. The topological polar surface area (TPSA) is 46.3 Å². The highest BCUT2D eigenvalue weighted by atomic mass is 16.1. The van der Waals surface area contributed by atoms with E-state index in [-0.39, 0.29) is 5.78 Å². The normalized spacial score (nSPS) is 16.3. The molecule has 1 aromatic carbocycles. The monoisotopic (exact) mass is 260 g/mol. The Morgan fingerprint density at radius 3 is 2.63 bits per heavy atom. The van der Waals surface area contributed by atoms with Gasteiger partial charge in [-0.2, -0.15) is 0 Å². The molecule has 0 spiro atoms. The average Bonchev–Trinajstić information content (AvgIpc) is 2.40. The van der Waals surface area contributed by atoms with Gasteiger partial charge < -0.3 is 10.6 Å². The van der Waals surface area contributed by atoms with E-state index in [1.807, 2.05) is 18.2 Å². The highest BCUT2D eigenvalue weighted by Crippen LogP contribution is 2.27. The summed E-state index contributed by atoms with van der Waals surface area (Å²) in [5, 5.41) is 0. The van der Waals surface area contributed by atoms with Crippen LogP contribution in [0.25, 0.3) is 0 Å². The highest BCUT2D eigenvalue weighted by Gasteiger charge is 2.16. The lowest BCUT2D eigenvalue weighted by Crippen LogP contribution is -2.27. The number of carbonyl (C=O) groups is 1. The second-order valence-corrected chi connectivity index (χ2v) is 5.71. The molecule has 104 valence electrons. The first-order chi connectivity index (χ1) is 9.08. The molecule has 0 amide bonds. The molecular formula is C16H24N2O. The van der Waals surface area contributed by atoms with E-state index in [0.29, 0.717) is 11.3 Å². The molecule has 1 aliphatic carbocycles. The first-order valence-electron chi connectivity index (χ1n) is 7.19. The number of nitrogen functional groups attached to an aromatic ring is 1. The van der Waals surface area contributed by atoms with Crippen molar-refractivity contribution in [1.82, 2.24) is 0 Å². The first kappa shape index (κ1) is 13.9. The molecule has 0 bridgehead atoms. The van der Waals surface area contributed by atoms with Crippen LogP contribution in [0.1, 0.15) is 49.4 Å². The van der Waals surface area contributed by atoms with Crippen LogP contribution < -0.4 is 10.6 Å². The van der Waals surface area contributed by atoms with E-state index in [2.05, 4.69) is 11.9 Å². The smallest absolute Gasteiger partial charge is 0.161 e. The van der Waals surface area contributed by atoms with Gasteiger partial charge in [-0.25, -0.2) is 0 Å². The standard InChI is InChI=1S/C16H24N2O/c1-12(19)15-10-14(8-9-16(15)17)18(2)11-13-6-4-3-5-7-13/h8-10,13H,3-7,11,17H2,1-2H3. The summed E-state index contributed by atoms with van der Waals surface area (Å²) in [4.78, 5) is 13.8. The number of Topliss-reactive ketones (excluding diaryl/α,β-unsaturated/α-hetero) is 1. The fourth-order valence-electron chi connectivity index (χ4n) is 2.95. The van der Waals surface area contributed by atoms with Crippen LogP contribution >= 0.6 is 0 Å². The third kappa shape index (κ3) is 3.49. The quantitative estimate of drug-likeness (QED) is 0.666. The number of hydrogen-bond donors (Lipinski definition) is 1. The summed E-state index contributed by atoms with van der Waals surface area (Å²) in [5.74, 6) is 0.822. The van der Waals surface area contributed by atoms with Crippen molar-refractivity contribution in [1.29, 1.82) is 0 Å².